The molecule has 15 nitrogen and oxygen atoms in total. The molecule has 0 saturated heterocycles. The van der Waals surface area contributed by atoms with E-state index in [1.165, 1.54) is 4.90 Å². The fourth-order valence-electron chi connectivity index (χ4n) is 6.77. The monoisotopic (exact) mass is 640 g/mol. The number of nitrogens with two attached hydrogens (primary N) is 2. The molecule has 0 aromatic heterocycles. The number of amides is 1. The standard InChI is InChI=1S/C28H38N4O7.H2O4S/c1-7-12(4)32(11(2)3)17-10-16(29)22(33)19-14(17)8-13-9-15-21(31(5)6)24(35)20(27(30)38)26(37)28(15,39)25(36)18(13)23(19)34;1-5(2,3)4/h10-13,15,21,33,35-36,39H,7-9,29H2,1-6H3,(H2,30,38);(H2,1,2,3,4)/t12?,13?,15?,21-,28-;/m0./s1. The first-order chi connectivity index (χ1) is 20.1. The summed E-state index contributed by atoms with van der Waals surface area (Å²) >= 11 is 0. The Labute approximate surface area is 255 Å². The number of rotatable bonds is 6. The fourth-order valence-corrected chi connectivity index (χ4v) is 6.77. The van der Waals surface area contributed by atoms with Crippen molar-refractivity contribution in [2.75, 3.05) is 24.7 Å². The molecule has 0 aliphatic heterocycles. The maximum atomic E-state index is 14.0. The van der Waals surface area contributed by atoms with Crippen molar-refractivity contribution in [3.8, 4) is 5.75 Å². The Kier molecular flexibility index (Phi) is 9.49. The van der Waals surface area contributed by atoms with Gasteiger partial charge in [-0.3, -0.25) is 28.4 Å². The van der Waals surface area contributed by atoms with Gasteiger partial charge in [-0.1, -0.05) is 6.92 Å². The van der Waals surface area contributed by atoms with Crippen molar-refractivity contribution in [2.24, 2.45) is 17.6 Å². The zero-order chi connectivity index (χ0) is 33.8. The number of hydrogen-bond acceptors (Lipinski definition) is 12. The molecule has 0 radical (unpaired) electrons. The third-order valence-corrected chi connectivity index (χ3v) is 8.63. The molecule has 1 aromatic rings. The highest BCUT2D eigenvalue weighted by Crippen LogP contribution is 2.54. The van der Waals surface area contributed by atoms with Crippen LogP contribution >= 0.6 is 0 Å². The van der Waals surface area contributed by atoms with Gasteiger partial charge in [-0.15, -0.1) is 0 Å². The molecule has 3 unspecified atom stereocenters. The number of primary amides is 1. The van der Waals surface area contributed by atoms with Crippen molar-refractivity contribution in [1.82, 2.24) is 4.90 Å². The molecule has 1 aromatic carbocycles. The van der Waals surface area contributed by atoms with E-state index in [0.29, 0.717) is 11.3 Å². The number of carbonyl (C=O) groups excluding carboxylic acids is 3. The Morgan fingerprint density at radius 3 is 2.14 bits per heavy atom. The summed E-state index contributed by atoms with van der Waals surface area (Å²) in [6.07, 6.45) is 1.05. The second kappa shape index (κ2) is 12.0. The zero-order valence-corrected chi connectivity index (χ0v) is 26.1. The number of ketones is 2. The van der Waals surface area contributed by atoms with Crippen LogP contribution in [0.2, 0.25) is 0 Å². The number of likely N-dealkylation sites (N-methyl/N-ethyl adjacent to an activating group) is 1. The number of benzene rings is 1. The number of aliphatic hydroxyl groups excluding tert-OH is 2. The summed E-state index contributed by atoms with van der Waals surface area (Å²) in [5, 5.41) is 45.0. The predicted molar refractivity (Wildman–Crippen MR) is 160 cm³/mol. The van der Waals surface area contributed by atoms with Gasteiger partial charge in [0.2, 0.25) is 5.78 Å². The smallest absolute Gasteiger partial charge is 0.394 e. The van der Waals surface area contributed by atoms with Crippen molar-refractivity contribution >= 4 is 39.2 Å². The van der Waals surface area contributed by atoms with E-state index in [9.17, 15) is 34.8 Å². The van der Waals surface area contributed by atoms with Gasteiger partial charge in [0.1, 0.15) is 22.8 Å². The van der Waals surface area contributed by atoms with Gasteiger partial charge in [-0.05, 0) is 71.7 Å². The van der Waals surface area contributed by atoms with Gasteiger partial charge in [0.25, 0.3) is 5.91 Å². The summed E-state index contributed by atoms with van der Waals surface area (Å²) in [6.45, 7) is 8.14. The molecule has 4 rings (SSSR count). The summed E-state index contributed by atoms with van der Waals surface area (Å²) in [4.78, 5) is 43.2. The minimum Gasteiger partial charge on any atom is -0.510 e. The Morgan fingerprint density at radius 1 is 1.14 bits per heavy atom. The number of fused-ring (bicyclic) bond motifs is 3. The lowest BCUT2D eigenvalue weighted by Crippen LogP contribution is -2.63. The minimum atomic E-state index is -4.67. The van der Waals surface area contributed by atoms with Gasteiger partial charge in [-0.2, -0.15) is 8.42 Å². The van der Waals surface area contributed by atoms with E-state index in [-0.39, 0.29) is 41.7 Å². The number of phenols is 1. The Bertz CT molecular complexity index is 1560. The van der Waals surface area contributed by atoms with E-state index in [2.05, 4.69) is 11.8 Å². The Morgan fingerprint density at radius 2 is 1.68 bits per heavy atom. The largest absolute Gasteiger partial charge is 0.510 e. The van der Waals surface area contributed by atoms with E-state index in [1.807, 2.05) is 20.8 Å². The Hall–Kier alpha value is -3.70. The average Bonchev–Trinajstić information content (AvgIpc) is 2.87. The summed E-state index contributed by atoms with van der Waals surface area (Å²) < 4.78 is 31.6. The summed E-state index contributed by atoms with van der Waals surface area (Å²) in [5.41, 5.74) is 8.98. The van der Waals surface area contributed by atoms with Crippen LogP contribution < -0.4 is 16.4 Å². The molecule has 0 bridgehead atoms. The second-order valence-corrected chi connectivity index (χ2v) is 12.8. The highest BCUT2D eigenvalue weighted by molar-refractivity contribution is 7.79. The lowest BCUT2D eigenvalue weighted by Gasteiger charge is -2.50. The number of nitrogen functional groups attached to an aromatic ring is 1. The highest BCUT2D eigenvalue weighted by atomic mass is 32.3. The molecule has 44 heavy (non-hydrogen) atoms. The number of carbonyl (C=O) groups is 3. The minimum absolute atomic E-state index is 0.0118. The van der Waals surface area contributed by atoms with Crippen LogP contribution in [0.4, 0.5) is 11.4 Å². The molecule has 0 saturated carbocycles. The molecular weight excluding hydrogens is 600 g/mol. The highest BCUT2D eigenvalue weighted by Gasteiger charge is 2.63. The van der Waals surface area contributed by atoms with Crippen molar-refractivity contribution < 1.29 is 52.3 Å². The normalized spacial score (nSPS) is 25.7. The number of Topliss-reactive ketones (excluding diaryl/α,β-unsaturated/α-hetero) is 2. The van der Waals surface area contributed by atoms with E-state index in [1.54, 1.807) is 20.2 Å². The fraction of sp³-hybridized carbons (Fsp3) is 0.536. The number of aliphatic hydroxyl groups is 3. The molecule has 16 heteroatoms. The van der Waals surface area contributed by atoms with E-state index >= 15 is 0 Å². The molecule has 0 fully saturated rings. The number of phenolic OH excluding ortho intramolecular Hbond substituents is 1. The first-order valence-corrected chi connectivity index (χ1v) is 15.3. The van der Waals surface area contributed by atoms with Crippen LogP contribution in [0, 0.1) is 11.8 Å². The van der Waals surface area contributed by atoms with Crippen LogP contribution in [0.1, 0.15) is 56.5 Å². The maximum absolute atomic E-state index is 14.0. The van der Waals surface area contributed by atoms with Crippen LogP contribution in [0.3, 0.4) is 0 Å². The maximum Gasteiger partial charge on any atom is 0.394 e. The van der Waals surface area contributed by atoms with E-state index in [0.717, 1.165) is 6.42 Å². The molecular formula is C28H40N4O11S. The summed E-state index contributed by atoms with van der Waals surface area (Å²) in [5.74, 6) is -6.93. The van der Waals surface area contributed by atoms with Crippen LogP contribution in [-0.4, -0.2) is 98.1 Å². The molecule has 0 spiro atoms. The van der Waals surface area contributed by atoms with Gasteiger partial charge in [-0.25, -0.2) is 0 Å². The summed E-state index contributed by atoms with van der Waals surface area (Å²) in [6, 6.07) is 0.732. The SMILES string of the molecule is CCC(C)N(c1cc(N)c(O)c2c1CC1CC3[C@H](N(C)C)C(O)=C(C(N)=O)C(=O)[C@@]3(O)C(O)=C1C2=O)C(C)C.O=S(=O)(O)O. The quantitative estimate of drug-likeness (QED) is 0.0935. The zero-order valence-electron chi connectivity index (χ0n) is 25.3. The summed E-state index contributed by atoms with van der Waals surface area (Å²) in [7, 11) is -1.47. The molecule has 5 atom stereocenters. The molecule has 1 amide bonds. The molecule has 3 aliphatic carbocycles. The van der Waals surface area contributed by atoms with Crippen LogP contribution in [-0.2, 0) is 26.4 Å². The number of anilines is 2. The lowest BCUT2D eigenvalue weighted by atomic mass is 9.58. The average molecular weight is 641 g/mol. The number of nitrogens with zero attached hydrogens (tertiary/aromatic N) is 2. The van der Waals surface area contributed by atoms with Crippen molar-refractivity contribution in [3.63, 3.8) is 0 Å². The third-order valence-electron chi connectivity index (χ3n) is 8.63. The van der Waals surface area contributed by atoms with Gasteiger partial charge in [0.05, 0.1) is 17.3 Å². The van der Waals surface area contributed by atoms with Crippen molar-refractivity contribution in [1.29, 1.82) is 0 Å². The molecule has 3 aliphatic rings. The molecule has 244 valence electrons. The van der Waals surface area contributed by atoms with Crippen LogP contribution in [0.25, 0.3) is 0 Å². The first kappa shape index (κ1) is 34.8. The number of hydrogen-bond donors (Lipinski definition) is 8. The topological polar surface area (TPSA) is 265 Å². The molecule has 0 heterocycles. The second-order valence-electron chi connectivity index (χ2n) is 11.9. The van der Waals surface area contributed by atoms with Gasteiger partial charge in [0, 0.05) is 29.3 Å². The molecule has 10 N–H and O–H groups in total. The van der Waals surface area contributed by atoms with Crippen molar-refractivity contribution in [2.45, 2.75) is 70.7 Å². The van der Waals surface area contributed by atoms with E-state index < -0.39 is 74.2 Å². The van der Waals surface area contributed by atoms with Gasteiger partial charge < -0.3 is 36.8 Å². The van der Waals surface area contributed by atoms with E-state index in [4.69, 9.17) is 29.0 Å². The van der Waals surface area contributed by atoms with Gasteiger partial charge >= 0.3 is 10.4 Å². The number of allylic oxidation sites excluding steroid dienone is 1. The first-order valence-electron chi connectivity index (χ1n) is 13.9. The van der Waals surface area contributed by atoms with Crippen LogP contribution in [0.5, 0.6) is 5.75 Å². The Balaban J connectivity index is 0.000000978. The van der Waals surface area contributed by atoms with Crippen molar-refractivity contribution in [3.05, 3.63) is 39.9 Å². The van der Waals surface area contributed by atoms with Crippen LogP contribution in [0.15, 0.2) is 28.7 Å². The lowest BCUT2D eigenvalue weighted by molar-refractivity contribution is -0.148. The van der Waals surface area contributed by atoms with Gasteiger partial charge in [0.15, 0.2) is 11.4 Å². The third kappa shape index (κ3) is 5.75. The predicted octanol–water partition coefficient (Wildman–Crippen LogP) is 1.06. The number of aromatic hydroxyl groups is 1.